The van der Waals surface area contributed by atoms with Gasteiger partial charge in [0.2, 0.25) is 11.8 Å². The van der Waals surface area contributed by atoms with Gasteiger partial charge in [0.1, 0.15) is 11.6 Å². The lowest BCUT2D eigenvalue weighted by Crippen LogP contribution is -2.33. The largest absolute Gasteiger partial charge is 0.347 e. The molecule has 7 heteroatoms. The van der Waals surface area contributed by atoms with Gasteiger partial charge in [0.25, 0.3) is 0 Å². The van der Waals surface area contributed by atoms with Crippen LogP contribution in [-0.2, 0) is 16.0 Å². The molecule has 0 bridgehead atoms. The van der Waals surface area contributed by atoms with E-state index >= 15 is 0 Å². The first kappa shape index (κ1) is 16.9. The molecule has 0 spiro atoms. The minimum absolute atomic E-state index is 0.0343. The van der Waals surface area contributed by atoms with E-state index in [1.54, 1.807) is 6.07 Å². The minimum Gasteiger partial charge on any atom is -0.347 e. The molecule has 0 aliphatic rings. The van der Waals surface area contributed by atoms with E-state index in [0.717, 1.165) is 6.07 Å². The lowest BCUT2D eigenvalue weighted by atomic mass is 10.1. The van der Waals surface area contributed by atoms with Crippen molar-refractivity contribution in [2.45, 2.75) is 6.42 Å². The van der Waals surface area contributed by atoms with Gasteiger partial charge in [-0.05, 0) is 35.9 Å². The highest BCUT2D eigenvalue weighted by molar-refractivity contribution is 6.31. The smallest absolute Gasteiger partial charge is 0.243 e. The Balaban J connectivity index is 1.81. The molecule has 120 valence electrons. The number of hydrogen-bond donors (Lipinski definition) is 2. The van der Waals surface area contributed by atoms with Crippen LogP contribution in [0.2, 0.25) is 5.02 Å². The van der Waals surface area contributed by atoms with Crippen molar-refractivity contribution in [2.75, 3.05) is 11.9 Å². The van der Waals surface area contributed by atoms with Crippen molar-refractivity contribution in [3.05, 3.63) is 64.7 Å². The number of carbonyl (C=O) groups excluding carboxylic acids is 2. The maximum absolute atomic E-state index is 13.0. The van der Waals surface area contributed by atoms with Crippen LogP contribution in [0.3, 0.4) is 0 Å². The molecule has 2 rings (SSSR count). The normalized spacial score (nSPS) is 10.2. The van der Waals surface area contributed by atoms with Crippen molar-refractivity contribution in [1.29, 1.82) is 0 Å². The van der Waals surface area contributed by atoms with Crippen LogP contribution < -0.4 is 10.6 Å². The molecule has 0 aromatic heterocycles. The number of benzene rings is 2. The Bertz CT molecular complexity index is 738. The molecular formula is C16H13ClF2N2O2. The molecule has 0 radical (unpaired) electrons. The molecule has 2 N–H and O–H groups in total. The quantitative estimate of drug-likeness (QED) is 0.880. The van der Waals surface area contributed by atoms with Crippen LogP contribution in [0.15, 0.2) is 42.5 Å². The summed E-state index contributed by atoms with van der Waals surface area (Å²) in [5, 5.41) is 4.78. The van der Waals surface area contributed by atoms with Crippen LogP contribution in [0.5, 0.6) is 0 Å². The molecule has 0 saturated carbocycles. The van der Waals surface area contributed by atoms with E-state index in [-0.39, 0.29) is 18.0 Å². The zero-order chi connectivity index (χ0) is 16.8. The molecular weight excluding hydrogens is 326 g/mol. The van der Waals surface area contributed by atoms with Gasteiger partial charge in [-0.1, -0.05) is 23.7 Å². The van der Waals surface area contributed by atoms with Gasteiger partial charge in [0, 0.05) is 5.69 Å². The third-order valence-electron chi connectivity index (χ3n) is 2.90. The topological polar surface area (TPSA) is 58.2 Å². The molecule has 0 heterocycles. The molecule has 0 fully saturated rings. The van der Waals surface area contributed by atoms with Crippen LogP contribution in [0.4, 0.5) is 14.5 Å². The van der Waals surface area contributed by atoms with E-state index in [1.807, 2.05) is 0 Å². The van der Waals surface area contributed by atoms with Gasteiger partial charge in [-0.15, -0.1) is 0 Å². The van der Waals surface area contributed by atoms with Crippen molar-refractivity contribution in [2.24, 2.45) is 0 Å². The van der Waals surface area contributed by atoms with Crippen molar-refractivity contribution in [3.63, 3.8) is 0 Å². The lowest BCUT2D eigenvalue weighted by Gasteiger charge is -2.08. The number of halogens is 3. The standard InChI is InChI=1S/C16H13ClF2N2O2/c17-13-8-12(4-5-14(13)19)21-16(23)9-20-15(22)7-10-2-1-3-11(18)6-10/h1-6,8H,7,9H2,(H,20,22)(H,21,23). The van der Waals surface area contributed by atoms with Crippen LogP contribution in [0.1, 0.15) is 5.56 Å². The monoisotopic (exact) mass is 338 g/mol. The predicted molar refractivity (Wildman–Crippen MR) is 83.2 cm³/mol. The molecule has 0 atom stereocenters. The van der Waals surface area contributed by atoms with E-state index in [4.69, 9.17) is 11.6 Å². The van der Waals surface area contributed by atoms with Gasteiger partial charge in [0.15, 0.2) is 0 Å². The summed E-state index contributed by atoms with van der Waals surface area (Å²) in [6.45, 7) is -0.261. The zero-order valence-corrected chi connectivity index (χ0v) is 12.7. The Labute approximate surface area is 136 Å². The molecule has 0 aliphatic carbocycles. The summed E-state index contributed by atoms with van der Waals surface area (Å²) in [7, 11) is 0. The van der Waals surface area contributed by atoms with Gasteiger partial charge in [0.05, 0.1) is 18.0 Å². The molecule has 23 heavy (non-hydrogen) atoms. The molecule has 0 aliphatic heterocycles. The molecule has 2 aromatic carbocycles. The number of amides is 2. The summed E-state index contributed by atoms with van der Waals surface area (Å²) in [6, 6.07) is 9.40. The Morgan fingerprint density at radius 3 is 2.52 bits per heavy atom. The summed E-state index contributed by atoms with van der Waals surface area (Å²) in [4.78, 5) is 23.4. The molecule has 2 amide bonds. The second-order valence-electron chi connectivity index (χ2n) is 4.76. The first-order valence-corrected chi connectivity index (χ1v) is 7.08. The maximum atomic E-state index is 13.0. The van der Waals surface area contributed by atoms with Crippen molar-refractivity contribution < 1.29 is 18.4 Å². The van der Waals surface area contributed by atoms with Gasteiger partial charge < -0.3 is 10.6 Å². The summed E-state index contributed by atoms with van der Waals surface area (Å²) in [5.74, 6) is -1.92. The Hall–Kier alpha value is -2.47. The Morgan fingerprint density at radius 1 is 1.04 bits per heavy atom. The van der Waals surface area contributed by atoms with E-state index in [0.29, 0.717) is 11.3 Å². The fourth-order valence-electron chi connectivity index (χ4n) is 1.85. The van der Waals surface area contributed by atoms with E-state index in [9.17, 15) is 18.4 Å². The van der Waals surface area contributed by atoms with Gasteiger partial charge in [-0.2, -0.15) is 0 Å². The number of anilines is 1. The van der Waals surface area contributed by atoms with Crippen LogP contribution in [0, 0.1) is 11.6 Å². The maximum Gasteiger partial charge on any atom is 0.243 e. The first-order chi connectivity index (χ1) is 10.9. The number of nitrogens with one attached hydrogen (secondary N) is 2. The Morgan fingerprint density at radius 2 is 1.83 bits per heavy atom. The zero-order valence-electron chi connectivity index (χ0n) is 11.9. The highest BCUT2D eigenvalue weighted by atomic mass is 35.5. The van der Waals surface area contributed by atoms with Gasteiger partial charge in [-0.25, -0.2) is 8.78 Å². The van der Waals surface area contributed by atoms with Crippen LogP contribution in [0.25, 0.3) is 0 Å². The molecule has 0 unspecified atom stereocenters. The summed E-state index contributed by atoms with van der Waals surface area (Å²) >= 11 is 5.60. The average molecular weight is 339 g/mol. The number of carbonyl (C=O) groups is 2. The molecule has 0 saturated heterocycles. The summed E-state index contributed by atoms with van der Waals surface area (Å²) < 4.78 is 26.0. The average Bonchev–Trinajstić information content (AvgIpc) is 2.49. The van der Waals surface area contributed by atoms with Crippen molar-refractivity contribution in [1.82, 2.24) is 5.32 Å². The molecule has 2 aromatic rings. The first-order valence-electron chi connectivity index (χ1n) is 6.70. The van der Waals surface area contributed by atoms with E-state index < -0.39 is 23.4 Å². The van der Waals surface area contributed by atoms with Crippen LogP contribution in [-0.4, -0.2) is 18.4 Å². The highest BCUT2D eigenvalue weighted by Crippen LogP contribution is 2.19. The van der Waals surface area contributed by atoms with Crippen molar-refractivity contribution >= 4 is 29.1 Å². The fraction of sp³-hybridized carbons (Fsp3) is 0.125. The van der Waals surface area contributed by atoms with E-state index in [1.165, 1.54) is 30.3 Å². The SMILES string of the molecule is O=C(Cc1cccc(F)c1)NCC(=O)Nc1ccc(F)c(Cl)c1. The van der Waals surface area contributed by atoms with Crippen LogP contribution >= 0.6 is 11.6 Å². The minimum atomic E-state index is -0.590. The summed E-state index contributed by atoms with van der Waals surface area (Å²) in [5.41, 5.74) is 0.828. The second-order valence-corrected chi connectivity index (χ2v) is 5.17. The third kappa shape index (κ3) is 5.34. The van der Waals surface area contributed by atoms with E-state index in [2.05, 4.69) is 10.6 Å². The lowest BCUT2D eigenvalue weighted by molar-refractivity contribution is -0.123. The molecule has 4 nitrogen and oxygen atoms in total. The number of hydrogen-bond acceptors (Lipinski definition) is 2. The van der Waals surface area contributed by atoms with Gasteiger partial charge >= 0.3 is 0 Å². The van der Waals surface area contributed by atoms with Crippen molar-refractivity contribution in [3.8, 4) is 0 Å². The fourth-order valence-corrected chi connectivity index (χ4v) is 2.03. The van der Waals surface area contributed by atoms with Gasteiger partial charge in [-0.3, -0.25) is 9.59 Å². The summed E-state index contributed by atoms with van der Waals surface area (Å²) in [6.07, 6.45) is -0.0343. The number of rotatable bonds is 5. The predicted octanol–water partition coefficient (Wildman–Crippen LogP) is 2.92. The Kier molecular flexibility index (Phi) is 5.65. The third-order valence-corrected chi connectivity index (χ3v) is 3.19. The highest BCUT2D eigenvalue weighted by Gasteiger charge is 2.08. The second kappa shape index (κ2) is 7.69.